The first-order valence-corrected chi connectivity index (χ1v) is 8.19. The van der Waals surface area contributed by atoms with Gasteiger partial charge in [-0.2, -0.15) is 0 Å². The molecule has 0 aliphatic heterocycles. The molecule has 0 saturated carbocycles. The zero-order chi connectivity index (χ0) is 19.3. The molecule has 0 saturated heterocycles. The average Bonchev–Trinajstić information content (AvgIpc) is 2.58. The van der Waals surface area contributed by atoms with Gasteiger partial charge in [-0.15, -0.1) is 0 Å². The number of nitrogens with zero attached hydrogens (tertiary/aromatic N) is 1. The Balaban J connectivity index is 2.01. The second kappa shape index (κ2) is 7.97. The molecule has 1 heterocycles. The summed E-state index contributed by atoms with van der Waals surface area (Å²) in [6.45, 7) is 3.32. The van der Waals surface area contributed by atoms with E-state index in [9.17, 15) is 19.5 Å². The fourth-order valence-corrected chi connectivity index (χ4v) is 2.32. The number of hydrogen-bond acceptors (Lipinski definition) is 4. The van der Waals surface area contributed by atoms with E-state index in [2.05, 4.69) is 10.6 Å². The Hall–Kier alpha value is -2.93. The van der Waals surface area contributed by atoms with Crippen molar-refractivity contribution in [2.24, 2.45) is 7.05 Å². The standard InChI is InChI=1S/C19H23N3O4/c1-19(2,12-23)21-16(24)11-13-6-8-14(9-7-13)20-17(25)15-5-4-10-22(3)18(15)26/h4-10,23H,11-12H2,1-3H3,(H,20,25)(H,21,24). The molecule has 0 aliphatic carbocycles. The maximum absolute atomic E-state index is 12.2. The lowest BCUT2D eigenvalue weighted by molar-refractivity contribution is -0.122. The third kappa shape index (κ3) is 5.03. The highest BCUT2D eigenvalue weighted by Crippen LogP contribution is 2.12. The van der Waals surface area contributed by atoms with Crippen LogP contribution < -0.4 is 16.2 Å². The van der Waals surface area contributed by atoms with Crippen LogP contribution in [0.25, 0.3) is 0 Å². The highest BCUT2D eigenvalue weighted by atomic mass is 16.3. The summed E-state index contributed by atoms with van der Waals surface area (Å²) in [7, 11) is 1.58. The van der Waals surface area contributed by atoms with Gasteiger partial charge in [0.25, 0.3) is 11.5 Å². The summed E-state index contributed by atoms with van der Waals surface area (Å²) in [5.74, 6) is -0.685. The van der Waals surface area contributed by atoms with Crippen molar-refractivity contribution >= 4 is 17.5 Å². The molecule has 0 atom stereocenters. The predicted molar refractivity (Wildman–Crippen MR) is 99.1 cm³/mol. The molecule has 0 spiro atoms. The maximum Gasteiger partial charge on any atom is 0.263 e. The number of benzene rings is 1. The van der Waals surface area contributed by atoms with E-state index < -0.39 is 11.4 Å². The maximum atomic E-state index is 12.2. The lowest BCUT2D eigenvalue weighted by Gasteiger charge is -2.23. The van der Waals surface area contributed by atoms with E-state index in [4.69, 9.17) is 0 Å². The molecule has 2 aromatic rings. The van der Waals surface area contributed by atoms with E-state index in [1.165, 1.54) is 10.6 Å². The third-order valence-corrected chi connectivity index (χ3v) is 3.82. The zero-order valence-corrected chi connectivity index (χ0v) is 15.1. The van der Waals surface area contributed by atoms with Gasteiger partial charge in [0.2, 0.25) is 5.91 Å². The van der Waals surface area contributed by atoms with E-state index >= 15 is 0 Å². The Labute approximate surface area is 151 Å². The molecular weight excluding hydrogens is 334 g/mol. The van der Waals surface area contributed by atoms with Gasteiger partial charge >= 0.3 is 0 Å². The number of aliphatic hydroxyl groups is 1. The quantitative estimate of drug-likeness (QED) is 0.720. The Morgan fingerprint density at radius 2 is 1.81 bits per heavy atom. The van der Waals surface area contributed by atoms with Crippen molar-refractivity contribution in [1.29, 1.82) is 0 Å². The summed E-state index contributed by atoms with van der Waals surface area (Å²) >= 11 is 0. The van der Waals surface area contributed by atoms with Crippen molar-refractivity contribution in [3.05, 3.63) is 64.1 Å². The summed E-state index contributed by atoms with van der Waals surface area (Å²) in [5.41, 5.74) is 0.312. The Kier molecular flexibility index (Phi) is 5.94. The number of carbonyl (C=O) groups is 2. The number of amides is 2. The van der Waals surface area contributed by atoms with Gasteiger partial charge in [0.1, 0.15) is 5.56 Å². The molecule has 3 N–H and O–H groups in total. The zero-order valence-electron chi connectivity index (χ0n) is 15.1. The Morgan fingerprint density at radius 1 is 1.15 bits per heavy atom. The molecule has 138 valence electrons. The van der Waals surface area contributed by atoms with E-state index in [0.29, 0.717) is 5.69 Å². The SMILES string of the molecule is Cn1cccc(C(=O)Nc2ccc(CC(=O)NC(C)(C)CO)cc2)c1=O. The van der Waals surface area contributed by atoms with Crippen molar-refractivity contribution in [3.8, 4) is 0 Å². The lowest BCUT2D eigenvalue weighted by Crippen LogP contribution is -2.46. The van der Waals surface area contributed by atoms with Gasteiger partial charge in [-0.25, -0.2) is 0 Å². The van der Waals surface area contributed by atoms with E-state index in [1.54, 1.807) is 57.4 Å². The molecule has 1 aromatic heterocycles. The number of nitrogens with one attached hydrogen (secondary N) is 2. The summed E-state index contributed by atoms with van der Waals surface area (Å²) in [4.78, 5) is 36.2. The number of aryl methyl sites for hydroxylation is 1. The summed E-state index contributed by atoms with van der Waals surface area (Å²) < 4.78 is 1.34. The molecule has 2 rings (SSSR count). The molecule has 0 fully saturated rings. The van der Waals surface area contributed by atoms with Crippen molar-refractivity contribution in [3.63, 3.8) is 0 Å². The molecule has 1 aromatic carbocycles. The highest BCUT2D eigenvalue weighted by Gasteiger charge is 2.19. The number of pyridine rings is 1. The largest absolute Gasteiger partial charge is 0.394 e. The van der Waals surface area contributed by atoms with Crippen LogP contribution in [0, 0.1) is 0 Å². The van der Waals surface area contributed by atoms with Crippen LogP contribution in [0.4, 0.5) is 5.69 Å². The van der Waals surface area contributed by atoms with Gasteiger partial charge in [-0.3, -0.25) is 14.4 Å². The van der Waals surface area contributed by atoms with Crippen molar-refractivity contribution in [2.75, 3.05) is 11.9 Å². The summed E-state index contributed by atoms with van der Waals surface area (Å²) in [6, 6.07) is 9.90. The molecule has 0 aliphatic rings. The molecule has 26 heavy (non-hydrogen) atoms. The van der Waals surface area contributed by atoms with Crippen LogP contribution in [0.1, 0.15) is 29.8 Å². The third-order valence-electron chi connectivity index (χ3n) is 3.82. The highest BCUT2D eigenvalue weighted by molar-refractivity contribution is 6.04. The fraction of sp³-hybridized carbons (Fsp3) is 0.316. The number of anilines is 1. The fourth-order valence-electron chi connectivity index (χ4n) is 2.32. The molecule has 0 unspecified atom stereocenters. The van der Waals surface area contributed by atoms with Crippen LogP contribution in [-0.2, 0) is 18.3 Å². The minimum Gasteiger partial charge on any atom is -0.394 e. The van der Waals surface area contributed by atoms with Gasteiger partial charge in [0.15, 0.2) is 0 Å². The van der Waals surface area contributed by atoms with Crippen LogP contribution in [0.2, 0.25) is 0 Å². The first kappa shape index (κ1) is 19.4. The van der Waals surface area contributed by atoms with Gasteiger partial charge in [0.05, 0.1) is 18.6 Å². The van der Waals surface area contributed by atoms with Gasteiger partial charge < -0.3 is 20.3 Å². The molecular formula is C19H23N3O4. The molecule has 7 heteroatoms. The molecule has 7 nitrogen and oxygen atoms in total. The Morgan fingerprint density at radius 3 is 2.42 bits per heavy atom. The average molecular weight is 357 g/mol. The first-order chi connectivity index (χ1) is 12.2. The number of aromatic nitrogens is 1. The van der Waals surface area contributed by atoms with Gasteiger partial charge in [-0.1, -0.05) is 12.1 Å². The number of rotatable bonds is 6. The molecule has 0 bridgehead atoms. The van der Waals surface area contributed by atoms with Gasteiger partial charge in [0, 0.05) is 18.9 Å². The van der Waals surface area contributed by atoms with Crippen LogP contribution in [0.5, 0.6) is 0 Å². The van der Waals surface area contributed by atoms with Crippen LogP contribution >= 0.6 is 0 Å². The van der Waals surface area contributed by atoms with Crippen LogP contribution in [-0.4, -0.2) is 33.6 Å². The van der Waals surface area contributed by atoms with Crippen LogP contribution in [0.15, 0.2) is 47.4 Å². The molecule has 2 amide bonds. The lowest BCUT2D eigenvalue weighted by atomic mass is 10.1. The predicted octanol–water partition coefficient (Wildman–Crippen LogP) is 1.07. The van der Waals surface area contributed by atoms with Crippen molar-refractivity contribution < 1.29 is 14.7 Å². The van der Waals surface area contributed by atoms with Crippen LogP contribution in [0.3, 0.4) is 0 Å². The minimum atomic E-state index is -0.674. The monoisotopic (exact) mass is 357 g/mol. The number of aliphatic hydroxyl groups excluding tert-OH is 1. The Bertz CT molecular complexity index is 854. The number of hydrogen-bond donors (Lipinski definition) is 3. The molecule has 0 radical (unpaired) electrons. The van der Waals surface area contributed by atoms with Gasteiger partial charge in [-0.05, 0) is 43.7 Å². The minimum absolute atomic E-state index is 0.0599. The van der Waals surface area contributed by atoms with E-state index in [1.807, 2.05) is 0 Å². The summed E-state index contributed by atoms with van der Waals surface area (Å²) in [6.07, 6.45) is 1.74. The topological polar surface area (TPSA) is 100 Å². The van der Waals surface area contributed by atoms with E-state index in [-0.39, 0.29) is 30.1 Å². The smallest absolute Gasteiger partial charge is 0.263 e. The number of carbonyl (C=O) groups excluding carboxylic acids is 2. The van der Waals surface area contributed by atoms with Crippen molar-refractivity contribution in [1.82, 2.24) is 9.88 Å². The van der Waals surface area contributed by atoms with E-state index in [0.717, 1.165) is 5.56 Å². The second-order valence-electron chi connectivity index (χ2n) is 6.76. The first-order valence-electron chi connectivity index (χ1n) is 8.19. The summed E-state index contributed by atoms with van der Waals surface area (Å²) in [5, 5.41) is 14.6. The second-order valence-corrected chi connectivity index (χ2v) is 6.76. The normalized spacial score (nSPS) is 11.1. The van der Waals surface area contributed by atoms with Crippen molar-refractivity contribution in [2.45, 2.75) is 25.8 Å².